The van der Waals surface area contributed by atoms with Crippen molar-refractivity contribution >= 4 is 11.9 Å². The van der Waals surface area contributed by atoms with Crippen LogP contribution in [0, 0.1) is 0 Å². The van der Waals surface area contributed by atoms with Gasteiger partial charge in [0.1, 0.15) is 12.1 Å². The van der Waals surface area contributed by atoms with Crippen LogP contribution in [0.1, 0.15) is 62.1 Å². The molecule has 43 heavy (non-hydrogen) atoms. The van der Waals surface area contributed by atoms with E-state index >= 15 is 0 Å². The molecule has 0 amide bonds. The van der Waals surface area contributed by atoms with E-state index in [-0.39, 0.29) is 6.10 Å². The van der Waals surface area contributed by atoms with Crippen LogP contribution in [-0.2, 0) is 35.8 Å². The number of hydrogen-bond donors (Lipinski definition) is 1. The fourth-order valence-electron chi connectivity index (χ4n) is 7.95. The molecule has 3 unspecified atom stereocenters. The quantitative estimate of drug-likeness (QED) is 0.199. The molecule has 7 heteroatoms. The summed E-state index contributed by atoms with van der Waals surface area (Å²) in [5.74, 6) is -1.08. The molecule has 7 nitrogen and oxygen atoms in total. The summed E-state index contributed by atoms with van der Waals surface area (Å²) in [6, 6.07) is 28.5. The average Bonchev–Trinajstić information content (AvgIpc) is 3.57. The zero-order valence-electron chi connectivity index (χ0n) is 25.0. The number of nitrogens with zero attached hydrogens (tertiary/aromatic N) is 1. The Labute approximate surface area is 254 Å². The van der Waals surface area contributed by atoms with E-state index in [4.69, 9.17) is 19.9 Å². The van der Waals surface area contributed by atoms with Crippen LogP contribution in [0.15, 0.2) is 91.0 Å². The third-order valence-corrected chi connectivity index (χ3v) is 9.90. The highest BCUT2D eigenvalue weighted by Crippen LogP contribution is 2.47. The second-order valence-electron chi connectivity index (χ2n) is 12.5. The van der Waals surface area contributed by atoms with Crippen LogP contribution in [0.4, 0.5) is 0 Å². The molecule has 0 aliphatic carbocycles. The molecule has 3 heterocycles. The Balaban J connectivity index is 1.26. The normalized spacial score (nSPS) is 23.9. The van der Waals surface area contributed by atoms with E-state index in [0.717, 1.165) is 18.4 Å². The van der Waals surface area contributed by atoms with Gasteiger partial charge in [-0.1, -0.05) is 91.0 Å². The molecule has 3 fully saturated rings. The Hall–Kier alpha value is -3.52. The van der Waals surface area contributed by atoms with Crippen LogP contribution in [0.2, 0.25) is 0 Å². The van der Waals surface area contributed by atoms with Gasteiger partial charge >= 0.3 is 11.9 Å². The van der Waals surface area contributed by atoms with Crippen LogP contribution < -0.4 is 5.73 Å². The van der Waals surface area contributed by atoms with Crippen LogP contribution in [0.5, 0.6) is 0 Å². The number of carbonyl (C=O) groups excluding carboxylic acids is 2. The van der Waals surface area contributed by atoms with E-state index in [0.29, 0.717) is 29.6 Å². The van der Waals surface area contributed by atoms with Gasteiger partial charge in [-0.25, -0.2) is 4.79 Å². The standard InChI is InChI=1S/C36H43N2O5/c1-26(41-34(39)33(37)23-27-13-5-2-6-14-27)43-36(28-15-7-3-8-16-28,29-17-9-4-10-18-29)35(40)42-32-24-30-19-20-31(25-32)38(30)21-11-12-22-38/h2-10,13-18,26,30-33H,11-12,19-25,37H2,1H3/q+1/t26?,30?,31?,32?,33-/m0/s1. The van der Waals surface area contributed by atoms with Crippen molar-refractivity contribution in [2.45, 2.75) is 88.0 Å². The minimum absolute atomic E-state index is 0.179. The van der Waals surface area contributed by atoms with Gasteiger partial charge in [-0.05, 0) is 30.0 Å². The Bertz CT molecular complexity index is 1320. The first-order valence-corrected chi connectivity index (χ1v) is 15.8. The minimum atomic E-state index is -1.64. The molecule has 0 saturated carbocycles. The van der Waals surface area contributed by atoms with E-state index in [2.05, 4.69) is 0 Å². The van der Waals surface area contributed by atoms with Gasteiger partial charge in [-0.15, -0.1) is 0 Å². The van der Waals surface area contributed by atoms with Crippen LogP contribution in [0.3, 0.4) is 0 Å². The lowest BCUT2D eigenvalue weighted by Gasteiger charge is -2.47. The molecule has 4 atom stereocenters. The smallest absolute Gasteiger partial charge is 0.348 e. The number of quaternary nitrogens is 1. The summed E-state index contributed by atoms with van der Waals surface area (Å²) in [4.78, 5) is 27.6. The summed E-state index contributed by atoms with van der Waals surface area (Å²) in [5.41, 5.74) is 6.76. The topological polar surface area (TPSA) is 87.9 Å². The average molecular weight is 584 g/mol. The van der Waals surface area contributed by atoms with Crippen molar-refractivity contribution < 1.29 is 28.3 Å². The first kappa shape index (κ1) is 29.5. The molecule has 2 bridgehead atoms. The molecule has 0 radical (unpaired) electrons. The molecule has 2 N–H and O–H groups in total. The fraction of sp³-hybridized carbons (Fsp3) is 0.444. The van der Waals surface area contributed by atoms with Gasteiger partial charge in [0.15, 0.2) is 0 Å². The highest BCUT2D eigenvalue weighted by molar-refractivity contribution is 5.86. The van der Waals surface area contributed by atoms with Gasteiger partial charge in [0, 0.05) is 38.5 Å². The number of ether oxygens (including phenoxy) is 3. The van der Waals surface area contributed by atoms with Gasteiger partial charge < -0.3 is 24.4 Å². The van der Waals surface area contributed by atoms with Crippen LogP contribution in [0.25, 0.3) is 0 Å². The third-order valence-electron chi connectivity index (χ3n) is 9.90. The number of nitrogens with two attached hydrogens (primary N) is 1. The largest absolute Gasteiger partial charge is 0.459 e. The number of esters is 2. The molecular formula is C36H43N2O5+. The third kappa shape index (κ3) is 5.86. The second-order valence-corrected chi connectivity index (χ2v) is 12.5. The summed E-state index contributed by atoms with van der Waals surface area (Å²) in [5, 5.41) is 0. The lowest BCUT2D eigenvalue weighted by molar-refractivity contribution is -0.956. The zero-order chi connectivity index (χ0) is 29.9. The van der Waals surface area contributed by atoms with E-state index in [9.17, 15) is 9.59 Å². The Morgan fingerprint density at radius 1 is 0.837 bits per heavy atom. The van der Waals surface area contributed by atoms with Gasteiger partial charge in [0.2, 0.25) is 11.9 Å². The predicted molar refractivity (Wildman–Crippen MR) is 164 cm³/mol. The number of piperidine rings is 1. The summed E-state index contributed by atoms with van der Waals surface area (Å²) in [7, 11) is 0. The molecule has 6 rings (SSSR count). The van der Waals surface area contributed by atoms with Crippen molar-refractivity contribution in [2.75, 3.05) is 13.1 Å². The molecule has 3 aromatic rings. The van der Waals surface area contributed by atoms with Crippen molar-refractivity contribution in [1.29, 1.82) is 0 Å². The first-order valence-electron chi connectivity index (χ1n) is 15.8. The van der Waals surface area contributed by atoms with Crippen molar-refractivity contribution in [1.82, 2.24) is 0 Å². The minimum Gasteiger partial charge on any atom is -0.459 e. The summed E-state index contributed by atoms with van der Waals surface area (Å²) < 4.78 is 20.0. The van der Waals surface area contributed by atoms with Crippen LogP contribution in [-0.4, -0.2) is 60.0 Å². The molecular weight excluding hydrogens is 540 g/mol. The monoisotopic (exact) mass is 583 g/mol. The molecule has 3 aromatic carbocycles. The van der Waals surface area contributed by atoms with Crippen molar-refractivity contribution in [3.05, 3.63) is 108 Å². The van der Waals surface area contributed by atoms with Crippen LogP contribution >= 0.6 is 0 Å². The van der Waals surface area contributed by atoms with Gasteiger partial charge in [0.25, 0.3) is 0 Å². The molecule has 0 aromatic heterocycles. The maximum atomic E-state index is 14.6. The maximum Gasteiger partial charge on any atom is 0.348 e. The Kier molecular flexibility index (Phi) is 8.66. The van der Waals surface area contributed by atoms with Crippen molar-refractivity contribution in [2.24, 2.45) is 5.73 Å². The van der Waals surface area contributed by atoms with Gasteiger partial charge in [-0.2, -0.15) is 0 Å². The Morgan fingerprint density at radius 3 is 1.88 bits per heavy atom. The maximum absolute atomic E-state index is 14.6. The number of carbonyl (C=O) groups is 2. The molecule has 1 spiro atoms. The van der Waals surface area contributed by atoms with Gasteiger partial charge in [-0.3, -0.25) is 4.79 Å². The van der Waals surface area contributed by atoms with E-state index < -0.39 is 29.9 Å². The van der Waals surface area contributed by atoms with Crippen molar-refractivity contribution in [3.63, 3.8) is 0 Å². The summed E-state index contributed by atoms with van der Waals surface area (Å²) >= 11 is 0. The van der Waals surface area contributed by atoms with E-state index in [1.165, 1.54) is 43.3 Å². The summed E-state index contributed by atoms with van der Waals surface area (Å²) in [6.07, 6.45) is 5.82. The summed E-state index contributed by atoms with van der Waals surface area (Å²) in [6.45, 7) is 4.14. The zero-order valence-corrected chi connectivity index (χ0v) is 25.0. The van der Waals surface area contributed by atoms with Gasteiger partial charge in [0.05, 0.1) is 25.2 Å². The number of hydrogen-bond acceptors (Lipinski definition) is 6. The molecule has 3 aliphatic rings. The number of rotatable bonds is 10. The number of benzene rings is 3. The fourth-order valence-corrected chi connectivity index (χ4v) is 7.95. The first-order chi connectivity index (χ1) is 20.9. The molecule has 3 saturated heterocycles. The highest BCUT2D eigenvalue weighted by atomic mass is 16.7. The van der Waals surface area contributed by atoms with Crippen molar-refractivity contribution in [3.8, 4) is 0 Å². The Morgan fingerprint density at radius 2 is 1.35 bits per heavy atom. The van der Waals surface area contributed by atoms with E-state index in [1.54, 1.807) is 6.92 Å². The second kappa shape index (κ2) is 12.6. The van der Waals surface area contributed by atoms with E-state index in [1.807, 2.05) is 91.0 Å². The highest BCUT2D eigenvalue weighted by Gasteiger charge is 2.57. The molecule has 3 aliphatic heterocycles. The lowest BCUT2D eigenvalue weighted by atomic mass is 9.85. The molecule has 226 valence electrons. The predicted octanol–water partition coefficient (Wildman–Crippen LogP) is 5.25. The SMILES string of the molecule is CC(OC(=O)[C@@H](N)Cc1ccccc1)OC(C(=O)OC1CC2CCC(C1)[N+]21CCCC1)(c1ccccc1)c1ccccc1. The lowest BCUT2D eigenvalue weighted by Crippen LogP contribution is -2.60.